The Bertz CT molecular complexity index is 902. The van der Waals surface area contributed by atoms with E-state index >= 15 is 0 Å². The largest absolute Gasteiger partial charge is 0.494 e. The number of rotatable bonds is 10. The van der Waals surface area contributed by atoms with Crippen LogP contribution in [0.25, 0.3) is 0 Å². The second kappa shape index (κ2) is 10.5. The Hall–Kier alpha value is -4.08. The summed E-state index contributed by atoms with van der Waals surface area (Å²) < 4.78 is 12.0. The van der Waals surface area contributed by atoms with E-state index in [0.717, 1.165) is 22.6 Å². The van der Waals surface area contributed by atoms with Crippen molar-refractivity contribution in [2.24, 2.45) is 10.2 Å². The first-order chi connectivity index (χ1) is 14.7. The molecule has 0 aliphatic heterocycles. The monoisotopic (exact) mass is 408 g/mol. The molecule has 3 rings (SSSR count). The van der Waals surface area contributed by atoms with Crippen molar-refractivity contribution < 1.29 is 9.47 Å². The van der Waals surface area contributed by atoms with Crippen LogP contribution in [0.1, 0.15) is 25.0 Å². The number of hydrazone groups is 2. The highest BCUT2D eigenvalue weighted by Crippen LogP contribution is 2.12. The minimum absolute atomic E-state index is 0.260. The summed E-state index contributed by atoms with van der Waals surface area (Å²) >= 11 is 0. The lowest BCUT2D eigenvalue weighted by molar-refractivity contribution is 0.340. The van der Waals surface area contributed by atoms with Crippen LogP contribution in [0.2, 0.25) is 0 Å². The molecule has 3 aromatic rings. The Morgan fingerprint density at radius 3 is 1.57 bits per heavy atom. The van der Waals surface area contributed by atoms with E-state index in [1.807, 2.05) is 62.4 Å². The van der Waals surface area contributed by atoms with Crippen LogP contribution in [0.4, 0.5) is 11.9 Å². The van der Waals surface area contributed by atoms with Gasteiger partial charge in [-0.05, 0) is 73.5 Å². The number of nitrogens with two attached hydrogens (primary N) is 1. The molecule has 1 heterocycles. The molecule has 2 aromatic carbocycles. The van der Waals surface area contributed by atoms with Gasteiger partial charge >= 0.3 is 0 Å². The quantitative estimate of drug-likeness (QED) is 0.268. The molecule has 0 aliphatic rings. The van der Waals surface area contributed by atoms with Crippen molar-refractivity contribution in [3.05, 3.63) is 59.7 Å². The lowest BCUT2D eigenvalue weighted by Crippen LogP contribution is -2.14. The van der Waals surface area contributed by atoms with E-state index < -0.39 is 0 Å². The molecule has 10 nitrogen and oxygen atoms in total. The van der Waals surface area contributed by atoms with Gasteiger partial charge in [0.15, 0.2) is 0 Å². The summed E-state index contributed by atoms with van der Waals surface area (Å²) in [5, 5.41) is 16.1. The van der Waals surface area contributed by atoms with Crippen LogP contribution in [-0.2, 0) is 0 Å². The lowest BCUT2D eigenvalue weighted by atomic mass is 10.2. The summed E-state index contributed by atoms with van der Waals surface area (Å²) in [7, 11) is 0. The number of ether oxygens (including phenoxy) is 2. The maximum absolute atomic E-state index is 5.95. The zero-order valence-electron chi connectivity index (χ0n) is 16.8. The standard InChI is InChI=1S/C20H24N8O2/c1-3-29-17-9-5-15(6-10-17)13-22-24-19-26-27-20(28(19)21)25-23-14-16-7-11-18(12-8-16)30-4-2/h5-14H,3-4,21H2,1-2H3,(H,24,26)(H,25,27). The Labute approximate surface area is 174 Å². The number of nitrogens with one attached hydrogen (secondary N) is 2. The molecule has 0 atom stereocenters. The number of nitrogens with zero attached hydrogens (tertiary/aromatic N) is 5. The zero-order chi connectivity index (χ0) is 21.2. The summed E-state index contributed by atoms with van der Waals surface area (Å²) in [4.78, 5) is 0. The van der Waals surface area contributed by atoms with E-state index in [0.29, 0.717) is 13.2 Å². The smallest absolute Gasteiger partial charge is 0.265 e. The van der Waals surface area contributed by atoms with E-state index in [4.69, 9.17) is 15.3 Å². The van der Waals surface area contributed by atoms with Crippen molar-refractivity contribution in [2.45, 2.75) is 13.8 Å². The fourth-order valence-corrected chi connectivity index (χ4v) is 2.41. The van der Waals surface area contributed by atoms with E-state index in [1.54, 1.807) is 12.4 Å². The molecule has 0 radical (unpaired) electrons. The summed E-state index contributed by atoms with van der Waals surface area (Å²) in [5.41, 5.74) is 7.28. The van der Waals surface area contributed by atoms with Gasteiger partial charge in [0.2, 0.25) is 0 Å². The van der Waals surface area contributed by atoms with Gasteiger partial charge in [-0.25, -0.2) is 10.9 Å². The third-order valence-corrected chi connectivity index (χ3v) is 3.83. The van der Waals surface area contributed by atoms with E-state index in [2.05, 4.69) is 31.3 Å². The topological polar surface area (TPSA) is 124 Å². The Morgan fingerprint density at radius 2 is 1.20 bits per heavy atom. The zero-order valence-corrected chi connectivity index (χ0v) is 16.8. The highest BCUT2D eigenvalue weighted by atomic mass is 16.5. The minimum atomic E-state index is 0.260. The normalized spacial score (nSPS) is 11.1. The molecular formula is C20H24N8O2. The average molecular weight is 408 g/mol. The van der Waals surface area contributed by atoms with Gasteiger partial charge in [-0.2, -0.15) is 14.9 Å². The Balaban J connectivity index is 1.53. The van der Waals surface area contributed by atoms with Crippen molar-refractivity contribution in [2.75, 3.05) is 29.9 Å². The maximum Gasteiger partial charge on any atom is 0.265 e. The first-order valence-corrected chi connectivity index (χ1v) is 9.44. The van der Waals surface area contributed by atoms with Gasteiger partial charge in [-0.15, -0.1) is 10.2 Å². The highest BCUT2D eigenvalue weighted by Gasteiger charge is 2.07. The number of nitrogen functional groups attached to an aromatic ring is 1. The van der Waals surface area contributed by atoms with Crippen molar-refractivity contribution in [1.82, 2.24) is 14.9 Å². The first kappa shape index (κ1) is 20.6. The van der Waals surface area contributed by atoms with Gasteiger partial charge in [0.05, 0.1) is 25.6 Å². The first-order valence-electron chi connectivity index (χ1n) is 9.44. The maximum atomic E-state index is 5.95. The SMILES string of the molecule is CCOc1ccc(C=NNc2nnc(NN=Cc3ccc(OCC)cc3)n2N)cc1. The molecule has 0 spiro atoms. The predicted octanol–water partition coefficient (Wildman–Crippen LogP) is 2.68. The van der Waals surface area contributed by atoms with Crippen LogP contribution in [-0.4, -0.2) is 40.5 Å². The van der Waals surface area contributed by atoms with Crippen molar-refractivity contribution >= 4 is 24.3 Å². The molecule has 0 fully saturated rings. The molecule has 4 N–H and O–H groups in total. The molecule has 0 amide bonds. The number of aromatic nitrogens is 3. The van der Waals surface area contributed by atoms with Crippen LogP contribution in [0.3, 0.4) is 0 Å². The van der Waals surface area contributed by atoms with Gasteiger partial charge < -0.3 is 15.3 Å². The Kier molecular flexibility index (Phi) is 7.20. The molecule has 156 valence electrons. The molecule has 0 bridgehead atoms. The van der Waals surface area contributed by atoms with Gasteiger partial charge in [0, 0.05) is 0 Å². The third-order valence-electron chi connectivity index (χ3n) is 3.83. The summed E-state index contributed by atoms with van der Waals surface area (Å²) in [6.07, 6.45) is 3.28. The number of hydrogen-bond acceptors (Lipinski definition) is 9. The summed E-state index contributed by atoms with van der Waals surface area (Å²) in [5.74, 6) is 8.10. The van der Waals surface area contributed by atoms with Crippen LogP contribution in [0.15, 0.2) is 58.7 Å². The summed E-state index contributed by atoms with van der Waals surface area (Å²) in [6.45, 7) is 5.14. The lowest BCUT2D eigenvalue weighted by Gasteiger charge is -2.03. The van der Waals surface area contributed by atoms with Gasteiger partial charge in [0.25, 0.3) is 11.9 Å². The molecule has 0 unspecified atom stereocenters. The number of benzene rings is 2. The highest BCUT2D eigenvalue weighted by molar-refractivity contribution is 5.80. The van der Waals surface area contributed by atoms with Crippen molar-refractivity contribution in [3.8, 4) is 11.5 Å². The summed E-state index contributed by atoms with van der Waals surface area (Å²) in [6, 6.07) is 15.1. The predicted molar refractivity (Wildman–Crippen MR) is 118 cm³/mol. The van der Waals surface area contributed by atoms with Crippen LogP contribution >= 0.6 is 0 Å². The van der Waals surface area contributed by atoms with Crippen LogP contribution in [0.5, 0.6) is 11.5 Å². The molecule has 30 heavy (non-hydrogen) atoms. The van der Waals surface area contributed by atoms with Crippen molar-refractivity contribution in [1.29, 1.82) is 0 Å². The van der Waals surface area contributed by atoms with Gasteiger partial charge in [0.1, 0.15) is 11.5 Å². The molecule has 0 aliphatic carbocycles. The fourth-order valence-electron chi connectivity index (χ4n) is 2.41. The fraction of sp³-hybridized carbons (Fsp3) is 0.200. The van der Waals surface area contributed by atoms with E-state index in [9.17, 15) is 0 Å². The van der Waals surface area contributed by atoms with Gasteiger partial charge in [-0.3, -0.25) is 0 Å². The molecular weight excluding hydrogens is 384 g/mol. The second-order valence-corrected chi connectivity index (χ2v) is 5.96. The van der Waals surface area contributed by atoms with E-state index in [1.165, 1.54) is 4.68 Å². The minimum Gasteiger partial charge on any atom is -0.494 e. The second-order valence-electron chi connectivity index (χ2n) is 5.96. The number of anilines is 2. The third kappa shape index (κ3) is 5.71. The molecule has 0 saturated carbocycles. The van der Waals surface area contributed by atoms with E-state index in [-0.39, 0.29) is 11.9 Å². The molecule has 0 saturated heterocycles. The Morgan fingerprint density at radius 1 is 0.800 bits per heavy atom. The van der Waals surface area contributed by atoms with Crippen molar-refractivity contribution in [3.63, 3.8) is 0 Å². The van der Waals surface area contributed by atoms with Crippen LogP contribution in [0, 0.1) is 0 Å². The average Bonchev–Trinajstić information content (AvgIpc) is 3.11. The van der Waals surface area contributed by atoms with Gasteiger partial charge in [-0.1, -0.05) is 0 Å². The molecule has 1 aromatic heterocycles. The van der Waals surface area contributed by atoms with Crippen LogP contribution < -0.4 is 26.2 Å². The molecule has 10 heteroatoms. The number of hydrogen-bond donors (Lipinski definition) is 3.